The first kappa shape index (κ1) is 14.5. The molecule has 0 saturated carbocycles. The molecule has 0 saturated heterocycles. The van der Waals surface area contributed by atoms with Crippen molar-refractivity contribution in [3.63, 3.8) is 0 Å². The summed E-state index contributed by atoms with van der Waals surface area (Å²) in [4.78, 5) is 26.3. The van der Waals surface area contributed by atoms with E-state index in [9.17, 15) is 9.59 Å². The zero-order valence-corrected chi connectivity index (χ0v) is 11.2. The molecule has 2 N–H and O–H groups in total. The molecule has 21 heavy (non-hydrogen) atoms. The lowest BCUT2D eigenvalue weighted by molar-refractivity contribution is -0.136. The van der Waals surface area contributed by atoms with Gasteiger partial charge in [0.15, 0.2) is 0 Å². The van der Waals surface area contributed by atoms with E-state index < -0.39 is 12.1 Å². The summed E-state index contributed by atoms with van der Waals surface area (Å²) in [7, 11) is 0. The second-order valence-electron chi connectivity index (χ2n) is 4.29. The minimum Gasteiger partial charge on any atom is -0.481 e. The number of anilines is 1. The average molecular weight is 286 g/mol. The van der Waals surface area contributed by atoms with Crippen LogP contribution in [0.3, 0.4) is 0 Å². The van der Waals surface area contributed by atoms with Gasteiger partial charge in [-0.3, -0.25) is 15.1 Å². The Morgan fingerprint density at radius 3 is 2.67 bits per heavy atom. The van der Waals surface area contributed by atoms with Gasteiger partial charge in [0, 0.05) is 6.20 Å². The highest BCUT2D eigenvalue weighted by Crippen LogP contribution is 2.14. The quantitative estimate of drug-likeness (QED) is 0.881. The van der Waals surface area contributed by atoms with Crippen LogP contribution >= 0.6 is 0 Å². The Balaban J connectivity index is 1.95. The number of carbonyl (C=O) groups excluding carboxylic acids is 1. The van der Waals surface area contributed by atoms with E-state index in [0.717, 1.165) is 5.56 Å². The van der Waals surface area contributed by atoms with Crippen molar-refractivity contribution < 1.29 is 19.4 Å². The number of nitrogens with zero attached hydrogens (tertiary/aromatic N) is 1. The van der Waals surface area contributed by atoms with Crippen molar-refractivity contribution >= 4 is 17.7 Å². The first-order valence-electron chi connectivity index (χ1n) is 6.27. The third kappa shape index (κ3) is 4.61. The SMILES string of the molecule is O=C(O)Cc1ccncc1NC(=O)OCc1ccccc1. The molecule has 0 fully saturated rings. The van der Waals surface area contributed by atoms with E-state index in [1.807, 2.05) is 30.3 Å². The number of aromatic nitrogens is 1. The number of carboxylic acid groups (broad SMARTS) is 1. The number of pyridine rings is 1. The van der Waals surface area contributed by atoms with Gasteiger partial charge in [-0.1, -0.05) is 30.3 Å². The lowest BCUT2D eigenvalue weighted by Gasteiger charge is -2.09. The Morgan fingerprint density at radius 2 is 1.95 bits per heavy atom. The molecular formula is C15H14N2O4. The standard InChI is InChI=1S/C15H14N2O4/c18-14(19)8-12-6-7-16-9-13(12)17-15(20)21-10-11-4-2-1-3-5-11/h1-7,9H,8,10H2,(H,17,20)(H,18,19). The third-order valence-electron chi connectivity index (χ3n) is 2.70. The number of hydrogen-bond donors (Lipinski definition) is 2. The summed E-state index contributed by atoms with van der Waals surface area (Å²) in [5.41, 5.74) is 1.66. The van der Waals surface area contributed by atoms with Gasteiger partial charge >= 0.3 is 12.1 Å². The molecule has 1 heterocycles. The maximum atomic E-state index is 11.7. The number of amides is 1. The number of aliphatic carboxylic acids is 1. The maximum Gasteiger partial charge on any atom is 0.412 e. The van der Waals surface area contributed by atoms with Crippen LogP contribution in [0, 0.1) is 0 Å². The van der Waals surface area contributed by atoms with E-state index in [-0.39, 0.29) is 13.0 Å². The summed E-state index contributed by atoms with van der Waals surface area (Å²) in [5.74, 6) is -0.984. The number of carboxylic acids is 1. The molecule has 0 aliphatic rings. The Bertz CT molecular complexity index is 629. The van der Waals surface area contributed by atoms with E-state index in [2.05, 4.69) is 10.3 Å². The van der Waals surface area contributed by atoms with Crippen LogP contribution in [0.5, 0.6) is 0 Å². The van der Waals surface area contributed by atoms with Gasteiger partial charge in [-0.05, 0) is 17.2 Å². The van der Waals surface area contributed by atoms with Gasteiger partial charge in [0.05, 0.1) is 18.3 Å². The first-order valence-corrected chi connectivity index (χ1v) is 6.27. The molecule has 0 aliphatic carbocycles. The Hall–Kier alpha value is -2.89. The highest BCUT2D eigenvalue weighted by molar-refractivity contribution is 5.86. The van der Waals surface area contributed by atoms with Crippen molar-refractivity contribution in [2.24, 2.45) is 0 Å². The summed E-state index contributed by atoms with van der Waals surface area (Å²) >= 11 is 0. The molecule has 6 nitrogen and oxygen atoms in total. The van der Waals surface area contributed by atoms with E-state index in [1.165, 1.54) is 12.4 Å². The second kappa shape index (κ2) is 7.04. The van der Waals surface area contributed by atoms with E-state index >= 15 is 0 Å². The average Bonchev–Trinajstić information content (AvgIpc) is 2.48. The molecule has 6 heteroatoms. The van der Waals surface area contributed by atoms with Crippen molar-refractivity contribution in [2.45, 2.75) is 13.0 Å². The Labute approximate surface area is 121 Å². The normalized spacial score (nSPS) is 9.90. The van der Waals surface area contributed by atoms with Crippen molar-refractivity contribution in [1.29, 1.82) is 0 Å². The van der Waals surface area contributed by atoms with Crippen LogP contribution < -0.4 is 5.32 Å². The molecule has 0 atom stereocenters. The molecule has 0 unspecified atom stereocenters. The number of carbonyl (C=O) groups is 2. The summed E-state index contributed by atoms with van der Waals surface area (Å²) in [5, 5.41) is 11.3. The minimum absolute atomic E-state index is 0.140. The van der Waals surface area contributed by atoms with Gasteiger partial charge in [-0.15, -0.1) is 0 Å². The molecule has 0 bridgehead atoms. The Morgan fingerprint density at radius 1 is 1.19 bits per heavy atom. The molecule has 0 aliphatic heterocycles. The number of hydrogen-bond acceptors (Lipinski definition) is 4. The summed E-state index contributed by atoms with van der Waals surface area (Å²) in [6.07, 6.45) is 2.01. The third-order valence-corrected chi connectivity index (χ3v) is 2.70. The minimum atomic E-state index is -0.984. The predicted molar refractivity (Wildman–Crippen MR) is 75.8 cm³/mol. The number of benzene rings is 1. The van der Waals surface area contributed by atoms with Crippen molar-refractivity contribution in [3.8, 4) is 0 Å². The topological polar surface area (TPSA) is 88.5 Å². The van der Waals surface area contributed by atoms with Crippen molar-refractivity contribution in [1.82, 2.24) is 4.98 Å². The van der Waals surface area contributed by atoms with E-state index in [1.54, 1.807) is 6.07 Å². The van der Waals surface area contributed by atoms with Crippen molar-refractivity contribution in [2.75, 3.05) is 5.32 Å². The smallest absolute Gasteiger partial charge is 0.412 e. The van der Waals surface area contributed by atoms with Gasteiger partial charge < -0.3 is 9.84 Å². The molecule has 2 rings (SSSR count). The highest BCUT2D eigenvalue weighted by atomic mass is 16.5. The largest absolute Gasteiger partial charge is 0.481 e. The van der Waals surface area contributed by atoms with Gasteiger partial charge in [-0.2, -0.15) is 0 Å². The van der Waals surface area contributed by atoms with Gasteiger partial charge in [0.25, 0.3) is 0 Å². The lowest BCUT2D eigenvalue weighted by atomic mass is 10.1. The lowest BCUT2D eigenvalue weighted by Crippen LogP contribution is -2.15. The number of nitrogens with one attached hydrogen (secondary N) is 1. The zero-order chi connectivity index (χ0) is 15.1. The summed E-state index contributed by atoms with van der Waals surface area (Å²) < 4.78 is 5.07. The summed E-state index contributed by atoms with van der Waals surface area (Å²) in [6.45, 7) is 0.140. The Kier molecular flexibility index (Phi) is 4.87. The van der Waals surface area contributed by atoms with Gasteiger partial charge in [0.2, 0.25) is 0 Å². The molecule has 1 aromatic carbocycles. The monoisotopic (exact) mass is 286 g/mol. The molecule has 108 valence electrons. The van der Waals surface area contributed by atoms with E-state index in [4.69, 9.17) is 9.84 Å². The fourth-order valence-corrected chi connectivity index (χ4v) is 1.72. The molecule has 2 aromatic rings. The molecule has 0 radical (unpaired) electrons. The van der Waals surface area contributed by atoms with Crippen LogP contribution in [0.2, 0.25) is 0 Å². The number of rotatable bonds is 5. The van der Waals surface area contributed by atoms with Crippen LogP contribution in [0.25, 0.3) is 0 Å². The maximum absolute atomic E-state index is 11.7. The van der Waals surface area contributed by atoms with Gasteiger partial charge in [0.1, 0.15) is 6.61 Å². The number of ether oxygens (including phenoxy) is 1. The molecular weight excluding hydrogens is 272 g/mol. The van der Waals surface area contributed by atoms with Crippen LogP contribution in [-0.2, 0) is 22.6 Å². The van der Waals surface area contributed by atoms with Crippen LogP contribution in [0.4, 0.5) is 10.5 Å². The van der Waals surface area contributed by atoms with Crippen molar-refractivity contribution in [3.05, 3.63) is 59.9 Å². The summed E-state index contributed by atoms with van der Waals surface area (Å²) in [6, 6.07) is 10.8. The van der Waals surface area contributed by atoms with Gasteiger partial charge in [-0.25, -0.2) is 4.79 Å². The highest BCUT2D eigenvalue weighted by Gasteiger charge is 2.10. The van der Waals surface area contributed by atoms with E-state index in [0.29, 0.717) is 11.3 Å². The fourth-order valence-electron chi connectivity index (χ4n) is 1.72. The second-order valence-corrected chi connectivity index (χ2v) is 4.29. The first-order chi connectivity index (χ1) is 10.1. The predicted octanol–water partition coefficient (Wildman–Crippen LogP) is 2.46. The van der Waals surface area contributed by atoms with Crippen LogP contribution in [0.1, 0.15) is 11.1 Å². The van der Waals surface area contributed by atoms with Crippen LogP contribution in [-0.4, -0.2) is 22.2 Å². The molecule has 1 aromatic heterocycles. The molecule has 1 amide bonds. The zero-order valence-electron chi connectivity index (χ0n) is 11.2. The van der Waals surface area contributed by atoms with Crippen LogP contribution in [0.15, 0.2) is 48.8 Å². The fraction of sp³-hybridized carbons (Fsp3) is 0.133. The molecule has 0 spiro atoms.